The van der Waals surface area contributed by atoms with Gasteiger partial charge in [0.1, 0.15) is 0 Å². The first kappa shape index (κ1) is 15.6. The van der Waals surface area contributed by atoms with Gasteiger partial charge < -0.3 is 10.0 Å². The summed E-state index contributed by atoms with van der Waals surface area (Å²) in [6.07, 6.45) is 2.67. The predicted octanol–water partition coefficient (Wildman–Crippen LogP) is 3.90. The monoisotopic (exact) mass is 283 g/mol. The van der Waals surface area contributed by atoms with Crippen LogP contribution in [0.15, 0.2) is 60.7 Å². The van der Waals surface area contributed by atoms with Crippen molar-refractivity contribution in [3.63, 3.8) is 0 Å². The van der Waals surface area contributed by atoms with Gasteiger partial charge in [-0.15, -0.1) is 0 Å². The molecular weight excluding hydrogens is 258 g/mol. The van der Waals surface area contributed by atoms with Crippen molar-refractivity contribution in [3.8, 4) is 0 Å². The van der Waals surface area contributed by atoms with E-state index in [4.69, 9.17) is 0 Å². The van der Waals surface area contributed by atoms with Crippen molar-refractivity contribution in [1.82, 2.24) is 0 Å². The Hall–Kier alpha value is -1.80. The fraction of sp³-hybridized carbons (Fsp3) is 0.368. The highest BCUT2D eigenvalue weighted by Gasteiger charge is 2.12. The van der Waals surface area contributed by atoms with Crippen LogP contribution in [0.4, 0.5) is 5.69 Å². The van der Waals surface area contributed by atoms with Gasteiger partial charge in [-0.05, 0) is 24.1 Å². The fourth-order valence-corrected chi connectivity index (χ4v) is 2.52. The molecule has 0 heterocycles. The van der Waals surface area contributed by atoms with E-state index in [0.717, 1.165) is 19.4 Å². The van der Waals surface area contributed by atoms with Crippen LogP contribution in [0.25, 0.3) is 0 Å². The Morgan fingerprint density at radius 1 is 0.952 bits per heavy atom. The topological polar surface area (TPSA) is 23.5 Å². The average Bonchev–Trinajstić information content (AvgIpc) is 2.53. The van der Waals surface area contributed by atoms with Gasteiger partial charge in [-0.25, -0.2) is 0 Å². The highest BCUT2D eigenvalue weighted by atomic mass is 16.3. The standard InChI is InChI=1S/C19H25NO/c1-2-3-14-20(18-12-8-5-9-13-18)16-19(21)15-17-10-6-4-7-11-17/h4-13,19,21H,2-3,14-16H2,1H3. The number of rotatable bonds is 8. The van der Waals surface area contributed by atoms with E-state index in [9.17, 15) is 5.11 Å². The van der Waals surface area contributed by atoms with Gasteiger partial charge in [-0.2, -0.15) is 0 Å². The lowest BCUT2D eigenvalue weighted by molar-refractivity contribution is 0.180. The van der Waals surface area contributed by atoms with Gasteiger partial charge in [0.05, 0.1) is 6.10 Å². The smallest absolute Gasteiger partial charge is 0.0755 e. The maximum absolute atomic E-state index is 10.4. The molecule has 0 aliphatic carbocycles. The molecule has 2 nitrogen and oxygen atoms in total. The van der Waals surface area contributed by atoms with Crippen molar-refractivity contribution in [3.05, 3.63) is 66.2 Å². The van der Waals surface area contributed by atoms with Crippen molar-refractivity contribution in [2.45, 2.75) is 32.3 Å². The molecule has 0 aliphatic rings. The van der Waals surface area contributed by atoms with E-state index in [0.29, 0.717) is 13.0 Å². The third kappa shape index (κ3) is 5.24. The van der Waals surface area contributed by atoms with Gasteiger partial charge in [0.15, 0.2) is 0 Å². The highest BCUT2D eigenvalue weighted by molar-refractivity contribution is 5.46. The van der Waals surface area contributed by atoms with Crippen molar-refractivity contribution in [1.29, 1.82) is 0 Å². The van der Waals surface area contributed by atoms with Gasteiger partial charge in [0.2, 0.25) is 0 Å². The van der Waals surface area contributed by atoms with E-state index in [-0.39, 0.29) is 6.10 Å². The number of benzene rings is 2. The van der Waals surface area contributed by atoms with Crippen LogP contribution in [0.2, 0.25) is 0 Å². The Balaban J connectivity index is 1.97. The molecule has 1 N–H and O–H groups in total. The van der Waals surface area contributed by atoms with Crippen LogP contribution in [-0.4, -0.2) is 24.3 Å². The average molecular weight is 283 g/mol. The highest BCUT2D eigenvalue weighted by Crippen LogP contribution is 2.15. The Labute approximate surface area is 128 Å². The maximum Gasteiger partial charge on any atom is 0.0755 e. The summed E-state index contributed by atoms with van der Waals surface area (Å²) in [4.78, 5) is 2.29. The zero-order chi connectivity index (χ0) is 14.9. The second-order valence-electron chi connectivity index (χ2n) is 5.48. The van der Waals surface area contributed by atoms with Crippen LogP contribution < -0.4 is 4.90 Å². The molecule has 0 saturated carbocycles. The molecule has 0 amide bonds. The molecule has 21 heavy (non-hydrogen) atoms. The second kappa shape index (κ2) is 8.48. The normalized spacial score (nSPS) is 12.1. The molecule has 1 unspecified atom stereocenters. The molecule has 0 aliphatic heterocycles. The summed E-state index contributed by atoms with van der Waals surface area (Å²) < 4.78 is 0. The molecule has 2 heteroatoms. The van der Waals surface area contributed by atoms with Gasteiger partial charge in [0.25, 0.3) is 0 Å². The Bertz CT molecular complexity index is 497. The van der Waals surface area contributed by atoms with E-state index in [2.05, 4.69) is 48.2 Å². The summed E-state index contributed by atoms with van der Waals surface area (Å²) >= 11 is 0. The summed E-state index contributed by atoms with van der Waals surface area (Å²) in [6.45, 7) is 3.87. The molecule has 0 fully saturated rings. The number of nitrogens with zero attached hydrogens (tertiary/aromatic N) is 1. The number of aliphatic hydroxyl groups excluding tert-OH is 1. The second-order valence-corrected chi connectivity index (χ2v) is 5.48. The zero-order valence-corrected chi connectivity index (χ0v) is 12.8. The summed E-state index contributed by atoms with van der Waals surface area (Å²) in [5.74, 6) is 0. The summed E-state index contributed by atoms with van der Waals surface area (Å²) in [7, 11) is 0. The van der Waals surface area contributed by atoms with Crippen LogP contribution in [0, 0.1) is 0 Å². The lowest BCUT2D eigenvalue weighted by Crippen LogP contribution is -2.34. The molecule has 0 bridgehead atoms. The van der Waals surface area contributed by atoms with Crippen molar-refractivity contribution < 1.29 is 5.11 Å². The Kier molecular flexibility index (Phi) is 6.29. The Morgan fingerprint density at radius 3 is 2.19 bits per heavy atom. The third-order valence-corrected chi connectivity index (χ3v) is 3.65. The van der Waals surface area contributed by atoms with Crippen molar-refractivity contribution >= 4 is 5.69 Å². The van der Waals surface area contributed by atoms with Crippen LogP contribution >= 0.6 is 0 Å². The SMILES string of the molecule is CCCCN(CC(O)Cc1ccccc1)c1ccccc1. The summed E-state index contributed by atoms with van der Waals surface area (Å²) in [5.41, 5.74) is 2.38. The minimum atomic E-state index is -0.343. The predicted molar refractivity (Wildman–Crippen MR) is 89.7 cm³/mol. The van der Waals surface area contributed by atoms with Crippen LogP contribution in [0.1, 0.15) is 25.3 Å². The Morgan fingerprint density at radius 2 is 1.57 bits per heavy atom. The van der Waals surface area contributed by atoms with E-state index in [1.165, 1.54) is 11.3 Å². The molecule has 0 aromatic heterocycles. The van der Waals surface area contributed by atoms with E-state index < -0.39 is 0 Å². The minimum Gasteiger partial charge on any atom is -0.391 e. The first-order valence-corrected chi connectivity index (χ1v) is 7.81. The lowest BCUT2D eigenvalue weighted by Gasteiger charge is -2.27. The number of para-hydroxylation sites is 1. The number of hydrogen-bond acceptors (Lipinski definition) is 2. The van der Waals surface area contributed by atoms with Gasteiger partial charge >= 0.3 is 0 Å². The molecule has 2 aromatic carbocycles. The fourth-order valence-electron chi connectivity index (χ4n) is 2.52. The molecule has 2 aromatic rings. The zero-order valence-electron chi connectivity index (χ0n) is 12.8. The first-order valence-electron chi connectivity index (χ1n) is 7.81. The molecule has 112 valence electrons. The number of anilines is 1. The third-order valence-electron chi connectivity index (χ3n) is 3.65. The largest absolute Gasteiger partial charge is 0.391 e. The number of aliphatic hydroxyl groups is 1. The summed E-state index contributed by atoms with van der Waals surface area (Å²) in [6, 6.07) is 20.6. The van der Waals surface area contributed by atoms with Crippen LogP contribution in [0.3, 0.4) is 0 Å². The molecule has 0 radical (unpaired) electrons. The van der Waals surface area contributed by atoms with E-state index in [1.807, 2.05) is 24.3 Å². The lowest BCUT2D eigenvalue weighted by atomic mass is 10.1. The molecule has 0 saturated heterocycles. The summed E-state index contributed by atoms with van der Waals surface area (Å²) in [5, 5.41) is 10.4. The van der Waals surface area contributed by atoms with Crippen LogP contribution in [0.5, 0.6) is 0 Å². The van der Waals surface area contributed by atoms with Gasteiger partial charge in [0, 0.05) is 25.2 Å². The number of hydrogen-bond donors (Lipinski definition) is 1. The van der Waals surface area contributed by atoms with Crippen LogP contribution in [-0.2, 0) is 6.42 Å². The molecular formula is C19H25NO. The van der Waals surface area contributed by atoms with Crippen molar-refractivity contribution in [2.24, 2.45) is 0 Å². The van der Waals surface area contributed by atoms with Gasteiger partial charge in [-0.3, -0.25) is 0 Å². The first-order chi connectivity index (χ1) is 10.3. The van der Waals surface area contributed by atoms with Crippen molar-refractivity contribution in [2.75, 3.05) is 18.0 Å². The van der Waals surface area contributed by atoms with E-state index in [1.54, 1.807) is 0 Å². The van der Waals surface area contributed by atoms with E-state index >= 15 is 0 Å². The molecule has 2 rings (SSSR count). The quantitative estimate of drug-likeness (QED) is 0.794. The molecule has 0 spiro atoms. The van der Waals surface area contributed by atoms with Gasteiger partial charge in [-0.1, -0.05) is 61.9 Å². The number of unbranched alkanes of at least 4 members (excludes halogenated alkanes) is 1. The maximum atomic E-state index is 10.4. The minimum absolute atomic E-state index is 0.343. The molecule has 1 atom stereocenters.